The highest BCUT2D eigenvalue weighted by Crippen LogP contribution is 2.29. The summed E-state index contributed by atoms with van der Waals surface area (Å²) in [5.74, 6) is 0.687. The Bertz CT molecular complexity index is 287. The molecule has 0 N–H and O–H groups in total. The molecule has 0 saturated carbocycles. The van der Waals surface area contributed by atoms with Crippen molar-refractivity contribution in [2.24, 2.45) is 4.99 Å². The van der Waals surface area contributed by atoms with Crippen LogP contribution in [-0.4, -0.2) is 12.5 Å². The molecule has 0 saturated heterocycles. The van der Waals surface area contributed by atoms with Crippen LogP contribution in [0.25, 0.3) is 0 Å². The van der Waals surface area contributed by atoms with Crippen LogP contribution in [0.5, 0.6) is 0 Å². The van der Waals surface area contributed by atoms with Gasteiger partial charge in [0.05, 0.1) is 5.69 Å². The van der Waals surface area contributed by atoms with Crippen molar-refractivity contribution < 1.29 is 4.39 Å². The van der Waals surface area contributed by atoms with Gasteiger partial charge in [-0.25, -0.2) is 4.39 Å². The first-order chi connectivity index (χ1) is 6.77. The molecule has 0 amide bonds. The molecule has 0 unspecified atom stereocenters. The van der Waals surface area contributed by atoms with Crippen molar-refractivity contribution in [2.75, 3.05) is 5.75 Å². The molecule has 0 fully saturated rings. The van der Waals surface area contributed by atoms with Crippen molar-refractivity contribution in [1.82, 2.24) is 0 Å². The second-order valence-corrected chi connectivity index (χ2v) is 3.51. The van der Waals surface area contributed by atoms with Gasteiger partial charge in [0.1, 0.15) is 5.82 Å². The van der Waals surface area contributed by atoms with Crippen LogP contribution < -0.4 is 0 Å². The maximum absolute atomic E-state index is 12.7. The number of hydrogen-bond donors (Lipinski definition) is 0. The van der Waals surface area contributed by atoms with Crippen LogP contribution in [0, 0.1) is 5.82 Å². The Kier molecular flexibility index (Phi) is 7.11. The Labute approximate surface area is 89.4 Å². The van der Waals surface area contributed by atoms with E-state index in [4.69, 9.17) is 0 Å². The average molecular weight is 213 g/mol. The standard InChI is InChI=1S/C9H10FNS.C2H6/c1-3-12-9-5-4-7(10)6-8(9)11-2;1-2/h4-6H,2-3H2,1H3;1-2H3. The maximum atomic E-state index is 12.7. The molecule has 1 aromatic rings. The number of aliphatic imine (C=N–C) groups is 1. The molecule has 0 heterocycles. The number of nitrogens with zero attached hydrogens (tertiary/aromatic N) is 1. The normalized spacial score (nSPS) is 8.86. The van der Waals surface area contributed by atoms with Crippen LogP contribution in [0.4, 0.5) is 10.1 Å². The van der Waals surface area contributed by atoms with Crippen LogP contribution in [0.1, 0.15) is 20.8 Å². The fourth-order valence-electron chi connectivity index (χ4n) is 0.892. The van der Waals surface area contributed by atoms with Crippen LogP contribution in [-0.2, 0) is 0 Å². The molecule has 1 rings (SSSR count). The van der Waals surface area contributed by atoms with Crippen LogP contribution in [0.2, 0.25) is 0 Å². The third kappa shape index (κ3) is 3.92. The summed E-state index contributed by atoms with van der Waals surface area (Å²) in [5.41, 5.74) is 0.627. The van der Waals surface area contributed by atoms with Gasteiger partial charge in [-0.05, 0) is 24.6 Å². The minimum atomic E-state index is -0.266. The summed E-state index contributed by atoms with van der Waals surface area (Å²) in [6.07, 6.45) is 0. The van der Waals surface area contributed by atoms with Crippen molar-refractivity contribution in [1.29, 1.82) is 0 Å². The largest absolute Gasteiger partial charge is 0.263 e. The van der Waals surface area contributed by atoms with E-state index in [2.05, 4.69) is 11.7 Å². The lowest BCUT2D eigenvalue weighted by molar-refractivity contribution is 0.627. The molecule has 0 spiro atoms. The van der Waals surface area contributed by atoms with Gasteiger partial charge in [-0.15, -0.1) is 11.8 Å². The Morgan fingerprint density at radius 3 is 2.57 bits per heavy atom. The number of halogens is 1. The molecule has 0 aliphatic heterocycles. The molecular weight excluding hydrogens is 197 g/mol. The van der Waals surface area contributed by atoms with E-state index in [1.807, 2.05) is 20.8 Å². The Morgan fingerprint density at radius 2 is 2.07 bits per heavy atom. The zero-order valence-electron chi connectivity index (χ0n) is 8.88. The van der Waals surface area contributed by atoms with E-state index in [-0.39, 0.29) is 5.82 Å². The van der Waals surface area contributed by atoms with Crippen molar-refractivity contribution in [2.45, 2.75) is 25.7 Å². The number of rotatable bonds is 3. The highest BCUT2D eigenvalue weighted by atomic mass is 32.2. The van der Waals surface area contributed by atoms with Gasteiger partial charge in [0.2, 0.25) is 0 Å². The first-order valence-electron chi connectivity index (χ1n) is 4.67. The van der Waals surface area contributed by atoms with Gasteiger partial charge in [0, 0.05) is 11.0 Å². The summed E-state index contributed by atoms with van der Waals surface area (Å²) >= 11 is 1.63. The first kappa shape index (κ1) is 13.2. The lowest BCUT2D eigenvalue weighted by Crippen LogP contribution is -1.77. The number of hydrogen-bond acceptors (Lipinski definition) is 2. The lowest BCUT2D eigenvalue weighted by atomic mass is 10.3. The average Bonchev–Trinajstić information content (AvgIpc) is 2.24. The summed E-state index contributed by atoms with van der Waals surface area (Å²) in [4.78, 5) is 4.72. The van der Waals surface area contributed by atoms with E-state index in [1.165, 1.54) is 12.1 Å². The van der Waals surface area contributed by atoms with Crippen LogP contribution >= 0.6 is 11.8 Å². The van der Waals surface area contributed by atoms with Crippen molar-refractivity contribution in [3.63, 3.8) is 0 Å². The Hall–Kier alpha value is -0.830. The predicted octanol–water partition coefficient (Wildman–Crippen LogP) is 4.30. The van der Waals surface area contributed by atoms with E-state index >= 15 is 0 Å². The second-order valence-electron chi connectivity index (χ2n) is 2.20. The fourth-order valence-corrected chi connectivity index (χ4v) is 1.64. The molecular formula is C11H16FNS. The molecule has 0 aliphatic rings. The highest BCUT2D eigenvalue weighted by Gasteiger charge is 2.01. The number of thioether (sulfide) groups is 1. The van der Waals surface area contributed by atoms with E-state index in [1.54, 1.807) is 17.8 Å². The second kappa shape index (κ2) is 7.56. The van der Waals surface area contributed by atoms with Gasteiger partial charge in [0.25, 0.3) is 0 Å². The first-order valence-corrected chi connectivity index (χ1v) is 5.65. The Balaban J connectivity index is 0.000000791. The molecule has 0 atom stereocenters. The van der Waals surface area contributed by atoms with Gasteiger partial charge in [0.15, 0.2) is 0 Å². The van der Waals surface area contributed by atoms with E-state index < -0.39 is 0 Å². The van der Waals surface area contributed by atoms with Crippen molar-refractivity contribution >= 4 is 24.2 Å². The predicted molar refractivity (Wildman–Crippen MR) is 63.4 cm³/mol. The van der Waals surface area contributed by atoms with Crippen molar-refractivity contribution in [3.8, 4) is 0 Å². The number of benzene rings is 1. The quantitative estimate of drug-likeness (QED) is 0.538. The molecule has 0 bridgehead atoms. The van der Waals surface area contributed by atoms with Crippen LogP contribution in [0.3, 0.4) is 0 Å². The summed E-state index contributed by atoms with van der Waals surface area (Å²) in [6.45, 7) is 9.43. The zero-order chi connectivity index (χ0) is 11.0. The lowest BCUT2D eigenvalue weighted by Gasteiger charge is -2.02. The maximum Gasteiger partial charge on any atom is 0.125 e. The zero-order valence-corrected chi connectivity index (χ0v) is 9.70. The molecule has 0 radical (unpaired) electrons. The highest BCUT2D eigenvalue weighted by molar-refractivity contribution is 7.99. The summed E-state index contributed by atoms with van der Waals surface area (Å²) in [6, 6.07) is 4.56. The minimum Gasteiger partial charge on any atom is -0.263 e. The topological polar surface area (TPSA) is 12.4 Å². The molecule has 0 aliphatic carbocycles. The minimum absolute atomic E-state index is 0.266. The Morgan fingerprint density at radius 1 is 1.43 bits per heavy atom. The fraction of sp³-hybridized carbons (Fsp3) is 0.364. The SMILES string of the molecule is C=Nc1cc(F)ccc1SCC.CC. The van der Waals surface area contributed by atoms with E-state index in [9.17, 15) is 4.39 Å². The third-order valence-corrected chi connectivity index (χ3v) is 2.34. The summed E-state index contributed by atoms with van der Waals surface area (Å²) in [5, 5.41) is 0. The van der Waals surface area contributed by atoms with E-state index in [0.717, 1.165) is 10.6 Å². The van der Waals surface area contributed by atoms with Gasteiger partial charge in [-0.2, -0.15) is 0 Å². The molecule has 3 heteroatoms. The molecule has 1 nitrogen and oxygen atoms in total. The van der Waals surface area contributed by atoms with Gasteiger partial charge in [-0.1, -0.05) is 20.8 Å². The third-order valence-electron chi connectivity index (χ3n) is 1.39. The summed E-state index contributed by atoms with van der Waals surface area (Å²) < 4.78 is 12.7. The summed E-state index contributed by atoms with van der Waals surface area (Å²) in [7, 11) is 0. The van der Waals surface area contributed by atoms with Gasteiger partial charge >= 0.3 is 0 Å². The van der Waals surface area contributed by atoms with E-state index in [0.29, 0.717) is 5.69 Å². The van der Waals surface area contributed by atoms with Gasteiger partial charge < -0.3 is 0 Å². The van der Waals surface area contributed by atoms with Crippen molar-refractivity contribution in [3.05, 3.63) is 24.0 Å². The molecule has 78 valence electrons. The van der Waals surface area contributed by atoms with Gasteiger partial charge in [-0.3, -0.25) is 4.99 Å². The molecule has 0 aromatic heterocycles. The smallest absolute Gasteiger partial charge is 0.125 e. The monoisotopic (exact) mass is 213 g/mol. The molecule has 1 aromatic carbocycles. The molecule has 14 heavy (non-hydrogen) atoms. The van der Waals surface area contributed by atoms with Crippen LogP contribution in [0.15, 0.2) is 28.1 Å².